The lowest BCUT2D eigenvalue weighted by Crippen LogP contribution is -1.95. The highest BCUT2D eigenvalue weighted by atomic mass is 16.5. The normalized spacial score (nSPS) is 10.3. The summed E-state index contributed by atoms with van der Waals surface area (Å²) >= 11 is 0. The topological polar surface area (TPSA) is 53.7 Å². The van der Waals surface area contributed by atoms with Crippen molar-refractivity contribution in [2.24, 2.45) is 0 Å². The fourth-order valence-electron chi connectivity index (χ4n) is 2.07. The van der Waals surface area contributed by atoms with Crippen LogP contribution in [-0.2, 0) is 6.61 Å². The van der Waals surface area contributed by atoms with E-state index in [4.69, 9.17) is 18.6 Å². The van der Waals surface area contributed by atoms with E-state index in [2.05, 4.69) is 4.98 Å². The van der Waals surface area contributed by atoms with Gasteiger partial charge in [-0.1, -0.05) is 0 Å². The molecule has 0 aliphatic heterocycles. The minimum atomic E-state index is 0.339. The molecule has 0 aliphatic rings. The molecule has 0 atom stereocenters. The second-order valence-electron chi connectivity index (χ2n) is 4.84. The van der Waals surface area contributed by atoms with Crippen LogP contribution in [0.25, 0.3) is 11.5 Å². The number of ether oxygens (including phenoxy) is 3. The number of hydrogen-bond acceptors (Lipinski definition) is 5. The van der Waals surface area contributed by atoms with E-state index in [1.54, 1.807) is 20.5 Å². The number of nitrogens with zero attached hydrogens (tertiary/aromatic N) is 1. The van der Waals surface area contributed by atoms with Gasteiger partial charge in [0.25, 0.3) is 0 Å². The summed E-state index contributed by atoms with van der Waals surface area (Å²) < 4.78 is 21.4. The first-order valence-electron chi connectivity index (χ1n) is 7.14. The van der Waals surface area contributed by atoms with Crippen LogP contribution in [0.3, 0.4) is 0 Å². The van der Waals surface area contributed by atoms with Crippen LogP contribution in [0.5, 0.6) is 17.2 Å². The van der Waals surface area contributed by atoms with Gasteiger partial charge in [0.2, 0.25) is 5.89 Å². The summed E-state index contributed by atoms with van der Waals surface area (Å²) in [6.45, 7) is 0.339. The second-order valence-corrected chi connectivity index (χ2v) is 4.84. The molecule has 0 spiro atoms. The van der Waals surface area contributed by atoms with Crippen molar-refractivity contribution < 1.29 is 18.6 Å². The van der Waals surface area contributed by atoms with Crippen LogP contribution in [0.1, 0.15) is 5.69 Å². The summed E-state index contributed by atoms with van der Waals surface area (Å²) in [5.74, 6) is 2.89. The van der Waals surface area contributed by atoms with Crippen molar-refractivity contribution in [1.29, 1.82) is 0 Å². The molecule has 0 saturated carbocycles. The van der Waals surface area contributed by atoms with Crippen LogP contribution in [0, 0.1) is 0 Å². The highest BCUT2D eigenvalue weighted by molar-refractivity contribution is 5.54. The van der Waals surface area contributed by atoms with Crippen molar-refractivity contribution in [2.45, 2.75) is 6.61 Å². The molecule has 23 heavy (non-hydrogen) atoms. The van der Waals surface area contributed by atoms with Gasteiger partial charge in [-0.3, -0.25) is 0 Å². The third-order valence-electron chi connectivity index (χ3n) is 3.33. The Morgan fingerprint density at radius 2 is 1.39 bits per heavy atom. The maximum absolute atomic E-state index is 5.68. The molecule has 5 nitrogen and oxygen atoms in total. The molecular weight excluding hydrogens is 294 g/mol. The molecule has 1 aromatic heterocycles. The monoisotopic (exact) mass is 311 g/mol. The maximum atomic E-state index is 5.68. The zero-order valence-electron chi connectivity index (χ0n) is 13.0. The number of rotatable bonds is 6. The van der Waals surface area contributed by atoms with E-state index in [1.807, 2.05) is 48.5 Å². The van der Waals surface area contributed by atoms with E-state index < -0.39 is 0 Å². The van der Waals surface area contributed by atoms with Crippen molar-refractivity contribution in [3.8, 4) is 28.7 Å². The minimum Gasteiger partial charge on any atom is -0.497 e. The third kappa shape index (κ3) is 3.63. The Morgan fingerprint density at radius 3 is 2.00 bits per heavy atom. The molecule has 0 radical (unpaired) electrons. The van der Waals surface area contributed by atoms with Gasteiger partial charge in [0.05, 0.1) is 14.2 Å². The van der Waals surface area contributed by atoms with Crippen LogP contribution in [0.4, 0.5) is 0 Å². The molecule has 3 aromatic rings. The molecule has 0 N–H and O–H groups in total. The average Bonchev–Trinajstić information content (AvgIpc) is 3.09. The van der Waals surface area contributed by atoms with Gasteiger partial charge in [-0.2, -0.15) is 0 Å². The molecule has 0 aliphatic carbocycles. The van der Waals surface area contributed by atoms with Gasteiger partial charge in [0, 0.05) is 5.56 Å². The standard InChI is InChI=1S/C18H17NO4/c1-20-15-5-3-13(4-6-15)18-19-14(12-23-18)11-22-17-9-7-16(21-2)8-10-17/h3-10,12H,11H2,1-2H3. The summed E-state index contributed by atoms with van der Waals surface area (Å²) in [6.07, 6.45) is 1.60. The minimum absolute atomic E-state index is 0.339. The Morgan fingerprint density at radius 1 is 0.826 bits per heavy atom. The average molecular weight is 311 g/mol. The highest BCUT2D eigenvalue weighted by Crippen LogP contribution is 2.23. The van der Waals surface area contributed by atoms with Gasteiger partial charge < -0.3 is 18.6 Å². The van der Waals surface area contributed by atoms with Crippen LogP contribution in [0.2, 0.25) is 0 Å². The van der Waals surface area contributed by atoms with Crippen molar-refractivity contribution in [3.05, 3.63) is 60.5 Å². The van der Waals surface area contributed by atoms with Crippen LogP contribution < -0.4 is 14.2 Å². The second kappa shape index (κ2) is 6.87. The Balaban J connectivity index is 1.64. The number of benzene rings is 2. The van der Waals surface area contributed by atoms with Crippen LogP contribution >= 0.6 is 0 Å². The first kappa shape index (κ1) is 15.0. The quantitative estimate of drug-likeness (QED) is 0.690. The van der Waals surface area contributed by atoms with Crippen molar-refractivity contribution in [1.82, 2.24) is 4.98 Å². The predicted octanol–water partition coefficient (Wildman–Crippen LogP) is 3.94. The Hall–Kier alpha value is -2.95. The summed E-state index contributed by atoms with van der Waals surface area (Å²) in [6, 6.07) is 14.9. The summed E-state index contributed by atoms with van der Waals surface area (Å²) in [5.41, 5.74) is 1.62. The molecule has 5 heteroatoms. The number of hydrogen-bond donors (Lipinski definition) is 0. The zero-order valence-corrected chi connectivity index (χ0v) is 13.0. The summed E-state index contributed by atoms with van der Waals surface area (Å²) in [7, 11) is 3.26. The highest BCUT2D eigenvalue weighted by Gasteiger charge is 2.07. The predicted molar refractivity (Wildman–Crippen MR) is 85.8 cm³/mol. The van der Waals surface area contributed by atoms with E-state index in [-0.39, 0.29) is 0 Å². The third-order valence-corrected chi connectivity index (χ3v) is 3.33. The molecule has 0 amide bonds. The number of methoxy groups -OCH3 is 2. The van der Waals surface area contributed by atoms with Crippen molar-refractivity contribution in [3.63, 3.8) is 0 Å². The van der Waals surface area contributed by atoms with E-state index in [1.165, 1.54) is 0 Å². The fraction of sp³-hybridized carbons (Fsp3) is 0.167. The maximum Gasteiger partial charge on any atom is 0.226 e. The molecular formula is C18H17NO4. The van der Waals surface area contributed by atoms with Gasteiger partial charge >= 0.3 is 0 Å². The lowest BCUT2D eigenvalue weighted by Gasteiger charge is -2.04. The van der Waals surface area contributed by atoms with Gasteiger partial charge in [-0.15, -0.1) is 0 Å². The van der Waals surface area contributed by atoms with E-state index in [9.17, 15) is 0 Å². The Labute approximate surface area is 134 Å². The molecule has 3 rings (SSSR count). The first-order valence-corrected chi connectivity index (χ1v) is 7.14. The van der Waals surface area contributed by atoms with Gasteiger partial charge in [0.15, 0.2) is 0 Å². The smallest absolute Gasteiger partial charge is 0.226 e. The molecule has 0 unspecified atom stereocenters. The van der Waals surface area contributed by atoms with E-state index in [0.717, 1.165) is 28.5 Å². The Bertz CT molecular complexity index is 747. The number of oxazole rings is 1. The van der Waals surface area contributed by atoms with E-state index in [0.29, 0.717) is 12.5 Å². The molecule has 0 bridgehead atoms. The fourth-order valence-corrected chi connectivity index (χ4v) is 2.07. The summed E-state index contributed by atoms with van der Waals surface area (Å²) in [4.78, 5) is 4.43. The zero-order chi connectivity index (χ0) is 16.1. The molecule has 1 heterocycles. The lowest BCUT2D eigenvalue weighted by molar-refractivity contribution is 0.300. The lowest BCUT2D eigenvalue weighted by atomic mass is 10.2. The molecule has 118 valence electrons. The molecule has 0 fully saturated rings. The largest absolute Gasteiger partial charge is 0.497 e. The Kier molecular flexibility index (Phi) is 4.47. The van der Waals surface area contributed by atoms with Gasteiger partial charge in [-0.05, 0) is 48.5 Å². The van der Waals surface area contributed by atoms with Crippen molar-refractivity contribution in [2.75, 3.05) is 14.2 Å². The molecule has 2 aromatic carbocycles. The van der Waals surface area contributed by atoms with Crippen LogP contribution in [-0.4, -0.2) is 19.2 Å². The van der Waals surface area contributed by atoms with Crippen LogP contribution in [0.15, 0.2) is 59.2 Å². The molecule has 0 saturated heterocycles. The van der Waals surface area contributed by atoms with Gasteiger partial charge in [0.1, 0.15) is 35.8 Å². The number of aromatic nitrogens is 1. The SMILES string of the molecule is COc1ccc(OCc2coc(-c3ccc(OC)cc3)n2)cc1. The van der Waals surface area contributed by atoms with Gasteiger partial charge in [-0.25, -0.2) is 4.98 Å². The van der Waals surface area contributed by atoms with E-state index >= 15 is 0 Å². The first-order chi connectivity index (χ1) is 11.3. The van der Waals surface area contributed by atoms with Crippen molar-refractivity contribution >= 4 is 0 Å². The summed E-state index contributed by atoms with van der Waals surface area (Å²) in [5, 5.41) is 0.